The molecule has 1 heterocycles. The number of rotatable bonds is 6. The molecule has 2 aromatic rings. The predicted octanol–water partition coefficient (Wildman–Crippen LogP) is 2.56. The van der Waals surface area contributed by atoms with Gasteiger partial charge in [-0.15, -0.1) is 0 Å². The van der Waals surface area contributed by atoms with Crippen molar-refractivity contribution < 1.29 is 14.7 Å². The number of carbonyl (C=O) groups is 2. The van der Waals surface area contributed by atoms with Crippen molar-refractivity contribution >= 4 is 22.8 Å². The van der Waals surface area contributed by atoms with E-state index < -0.39 is 12.0 Å². The van der Waals surface area contributed by atoms with Crippen molar-refractivity contribution in [1.29, 1.82) is 0 Å². The third-order valence-electron chi connectivity index (χ3n) is 4.29. The molecule has 1 fully saturated rings. The number of aromatic amines is 1. The van der Waals surface area contributed by atoms with E-state index in [0.717, 1.165) is 29.3 Å². The Labute approximate surface area is 128 Å². The molecule has 1 saturated carbocycles. The van der Waals surface area contributed by atoms with Crippen LogP contribution >= 0.6 is 0 Å². The molecule has 1 aromatic carbocycles. The number of para-hydroxylation sites is 1. The number of nitrogens with one attached hydrogen (secondary N) is 1. The Kier molecular flexibility index (Phi) is 3.88. The van der Waals surface area contributed by atoms with Crippen LogP contribution in [0, 0.1) is 0 Å². The van der Waals surface area contributed by atoms with Crippen molar-refractivity contribution in [1.82, 2.24) is 9.88 Å². The van der Waals surface area contributed by atoms with Crippen molar-refractivity contribution in [2.75, 3.05) is 0 Å². The average molecular weight is 300 g/mol. The molecule has 1 atom stereocenters. The molecule has 5 nitrogen and oxygen atoms in total. The smallest absolute Gasteiger partial charge is 0.326 e. The zero-order valence-electron chi connectivity index (χ0n) is 12.6. The summed E-state index contributed by atoms with van der Waals surface area (Å²) in [6, 6.07) is 7.35. The van der Waals surface area contributed by atoms with Crippen molar-refractivity contribution in [3.63, 3.8) is 0 Å². The molecular formula is C17H20N2O3. The molecule has 0 spiro atoms. The standard InChI is InChI=1S/C17H20N2O3/c1-11(17(21)22)19(13-7-8-13)16(20)9-6-12-10-18-15-5-3-2-4-14(12)15/h2-5,10-11,13,18H,6-9H2,1H3,(H,21,22). The highest BCUT2D eigenvalue weighted by molar-refractivity contribution is 5.86. The van der Waals surface area contributed by atoms with Crippen LogP contribution in [0.5, 0.6) is 0 Å². The lowest BCUT2D eigenvalue weighted by Crippen LogP contribution is -2.44. The average Bonchev–Trinajstić information content (AvgIpc) is 3.25. The molecule has 22 heavy (non-hydrogen) atoms. The number of H-pyrrole nitrogens is 1. The maximum absolute atomic E-state index is 12.5. The van der Waals surface area contributed by atoms with Gasteiger partial charge in [0, 0.05) is 29.6 Å². The van der Waals surface area contributed by atoms with Crippen molar-refractivity contribution in [3.8, 4) is 0 Å². The Bertz CT molecular complexity index is 703. The fraction of sp³-hybridized carbons (Fsp3) is 0.412. The first-order chi connectivity index (χ1) is 10.6. The molecule has 0 aliphatic heterocycles. The number of nitrogens with zero attached hydrogens (tertiary/aromatic N) is 1. The third-order valence-corrected chi connectivity index (χ3v) is 4.29. The van der Waals surface area contributed by atoms with E-state index in [-0.39, 0.29) is 11.9 Å². The summed E-state index contributed by atoms with van der Waals surface area (Å²) < 4.78 is 0. The minimum atomic E-state index is -0.938. The van der Waals surface area contributed by atoms with Crippen LogP contribution in [-0.4, -0.2) is 39.0 Å². The van der Waals surface area contributed by atoms with Gasteiger partial charge in [-0.1, -0.05) is 18.2 Å². The van der Waals surface area contributed by atoms with Crippen molar-refractivity contribution in [3.05, 3.63) is 36.0 Å². The molecule has 2 N–H and O–H groups in total. The fourth-order valence-corrected chi connectivity index (χ4v) is 2.92. The number of aliphatic carboxylic acids is 1. The first kappa shape index (κ1) is 14.6. The number of benzene rings is 1. The molecule has 1 amide bonds. The number of aryl methyl sites for hydroxylation is 1. The van der Waals surface area contributed by atoms with E-state index in [4.69, 9.17) is 0 Å². The predicted molar refractivity (Wildman–Crippen MR) is 83.6 cm³/mol. The Hall–Kier alpha value is -2.30. The molecule has 1 aromatic heterocycles. The molecule has 5 heteroatoms. The largest absolute Gasteiger partial charge is 0.480 e. The molecule has 3 rings (SSSR count). The van der Waals surface area contributed by atoms with Gasteiger partial charge in [-0.05, 0) is 37.8 Å². The first-order valence-corrected chi connectivity index (χ1v) is 7.67. The summed E-state index contributed by atoms with van der Waals surface area (Å²) in [6.07, 6.45) is 4.72. The quantitative estimate of drug-likeness (QED) is 0.861. The van der Waals surface area contributed by atoms with Gasteiger partial charge in [-0.25, -0.2) is 4.79 Å². The van der Waals surface area contributed by atoms with Gasteiger partial charge in [0.2, 0.25) is 5.91 Å². The van der Waals surface area contributed by atoms with Gasteiger partial charge in [0.15, 0.2) is 0 Å². The summed E-state index contributed by atoms with van der Waals surface area (Å²) in [5.41, 5.74) is 2.16. The molecule has 0 radical (unpaired) electrons. The fourth-order valence-electron chi connectivity index (χ4n) is 2.92. The lowest BCUT2D eigenvalue weighted by Gasteiger charge is -2.26. The maximum atomic E-state index is 12.5. The van der Waals surface area contributed by atoms with Gasteiger partial charge in [0.25, 0.3) is 0 Å². The Morgan fingerprint density at radius 3 is 2.77 bits per heavy atom. The molecule has 1 aliphatic rings. The highest BCUT2D eigenvalue weighted by Gasteiger charge is 2.37. The molecule has 0 saturated heterocycles. The van der Waals surface area contributed by atoms with Crippen LogP contribution in [0.2, 0.25) is 0 Å². The van der Waals surface area contributed by atoms with Gasteiger partial charge in [0.05, 0.1) is 0 Å². The van der Waals surface area contributed by atoms with Gasteiger partial charge in [-0.2, -0.15) is 0 Å². The Balaban J connectivity index is 1.69. The number of fused-ring (bicyclic) bond motifs is 1. The van der Waals surface area contributed by atoms with Gasteiger partial charge < -0.3 is 15.0 Å². The molecule has 116 valence electrons. The lowest BCUT2D eigenvalue weighted by atomic mass is 10.1. The van der Waals surface area contributed by atoms with Crippen LogP contribution < -0.4 is 0 Å². The molecule has 1 aliphatic carbocycles. The zero-order chi connectivity index (χ0) is 15.7. The van der Waals surface area contributed by atoms with E-state index in [1.165, 1.54) is 0 Å². The van der Waals surface area contributed by atoms with Crippen LogP contribution in [0.3, 0.4) is 0 Å². The summed E-state index contributed by atoms with van der Waals surface area (Å²) in [6.45, 7) is 1.59. The molecule has 0 bridgehead atoms. The van der Waals surface area contributed by atoms with Crippen LogP contribution in [0.25, 0.3) is 10.9 Å². The van der Waals surface area contributed by atoms with E-state index in [1.54, 1.807) is 11.8 Å². The summed E-state index contributed by atoms with van der Waals surface area (Å²) in [5, 5.41) is 10.3. The summed E-state index contributed by atoms with van der Waals surface area (Å²) in [7, 11) is 0. The lowest BCUT2D eigenvalue weighted by molar-refractivity contribution is -0.150. The number of amides is 1. The first-order valence-electron chi connectivity index (χ1n) is 7.67. The number of carbonyl (C=O) groups excluding carboxylic acids is 1. The number of carboxylic acid groups (broad SMARTS) is 1. The van der Waals surface area contributed by atoms with Gasteiger partial charge >= 0.3 is 5.97 Å². The second kappa shape index (κ2) is 5.83. The highest BCUT2D eigenvalue weighted by Crippen LogP contribution is 2.30. The maximum Gasteiger partial charge on any atom is 0.326 e. The van der Waals surface area contributed by atoms with Crippen LogP contribution in [0.4, 0.5) is 0 Å². The zero-order valence-corrected chi connectivity index (χ0v) is 12.6. The molecule has 1 unspecified atom stereocenters. The second-order valence-electron chi connectivity index (χ2n) is 5.91. The van der Waals surface area contributed by atoms with Crippen molar-refractivity contribution in [2.24, 2.45) is 0 Å². The summed E-state index contributed by atoms with van der Waals surface area (Å²) >= 11 is 0. The molecular weight excluding hydrogens is 280 g/mol. The van der Waals surface area contributed by atoms with E-state index in [9.17, 15) is 14.7 Å². The minimum absolute atomic E-state index is 0.0670. The van der Waals surface area contributed by atoms with Crippen molar-refractivity contribution in [2.45, 2.75) is 44.7 Å². The van der Waals surface area contributed by atoms with E-state index in [0.29, 0.717) is 12.8 Å². The second-order valence-corrected chi connectivity index (χ2v) is 5.91. The number of hydrogen-bond acceptors (Lipinski definition) is 2. The van der Waals surface area contributed by atoms with E-state index in [1.807, 2.05) is 30.5 Å². The van der Waals surface area contributed by atoms with Gasteiger partial charge in [0.1, 0.15) is 6.04 Å². The van der Waals surface area contributed by atoms with E-state index >= 15 is 0 Å². The number of carboxylic acids is 1. The Morgan fingerprint density at radius 1 is 1.36 bits per heavy atom. The SMILES string of the molecule is CC(C(=O)O)N(C(=O)CCc1c[nH]c2ccccc12)C1CC1. The van der Waals surface area contributed by atoms with Crippen LogP contribution in [0.15, 0.2) is 30.5 Å². The van der Waals surface area contributed by atoms with Gasteiger partial charge in [-0.3, -0.25) is 4.79 Å². The number of hydrogen-bond donors (Lipinski definition) is 2. The van der Waals surface area contributed by atoms with Crippen LogP contribution in [0.1, 0.15) is 31.7 Å². The van der Waals surface area contributed by atoms with Crippen LogP contribution in [-0.2, 0) is 16.0 Å². The topological polar surface area (TPSA) is 73.4 Å². The number of aromatic nitrogens is 1. The normalized spacial score (nSPS) is 15.7. The highest BCUT2D eigenvalue weighted by atomic mass is 16.4. The minimum Gasteiger partial charge on any atom is -0.480 e. The Morgan fingerprint density at radius 2 is 2.09 bits per heavy atom. The summed E-state index contributed by atoms with van der Waals surface area (Å²) in [4.78, 5) is 28.4. The summed E-state index contributed by atoms with van der Waals surface area (Å²) in [5.74, 6) is -1.00. The van der Waals surface area contributed by atoms with E-state index in [2.05, 4.69) is 4.98 Å². The third kappa shape index (κ3) is 2.84. The monoisotopic (exact) mass is 300 g/mol.